The van der Waals surface area contributed by atoms with E-state index in [1.165, 1.54) is 0 Å². The van der Waals surface area contributed by atoms with E-state index in [1.807, 2.05) is 0 Å². The van der Waals surface area contributed by atoms with Gasteiger partial charge in [-0.3, -0.25) is 0 Å². The van der Waals surface area contributed by atoms with Gasteiger partial charge in [0.15, 0.2) is 0 Å². The zero-order chi connectivity index (χ0) is 13.9. The van der Waals surface area contributed by atoms with Gasteiger partial charge in [-0.2, -0.15) is 4.99 Å². The number of ether oxygens (including phenoxy) is 2. The van der Waals surface area contributed by atoms with Gasteiger partial charge in [0.1, 0.15) is 17.0 Å². The van der Waals surface area contributed by atoms with Crippen LogP contribution in [0.3, 0.4) is 0 Å². The first kappa shape index (κ1) is 13.9. The first-order valence-electron chi connectivity index (χ1n) is 6.18. The molecule has 0 bridgehead atoms. The minimum atomic E-state index is -0.622. The molecule has 4 nitrogen and oxygen atoms in total. The molecule has 0 saturated heterocycles. The third-order valence-electron chi connectivity index (χ3n) is 3.65. The highest BCUT2D eigenvalue weighted by Crippen LogP contribution is 2.51. The monoisotopic (exact) mass is 281 g/mol. The van der Waals surface area contributed by atoms with Crippen molar-refractivity contribution in [2.75, 3.05) is 14.2 Å². The van der Waals surface area contributed by atoms with Crippen LogP contribution in [0.5, 0.6) is 11.5 Å². The van der Waals surface area contributed by atoms with E-state index in [0.29, 0.717) is 16.5 Å². The van der Waals surface area contributed by atoms with Crippen molar-refractivity contribution in [2.24, 2.45) is 4.99 Å². The number of benzene rings is 1. The topological polar surface area (TPSA) is 47.9 Å². The van der Waals surface area contributed by atoms with Crippen LogP contribution in [0.2, 0.25) is 5.02 Å². The lowest BCUT2D eigenvalue weighted by Crippen LogP contribution is -2.21. The Labute approximate surface area is 117 Å². The number of rotatable bonds is 4. The first-order chi connectivity index (χ1) is 9.18. The Morgan fingerprint density at radius 1 is 1.26 bits per heavy atom. The van der Waals surface area contributed by atoms with Crippen LogP contribution >= 0.6 is 11.6 Å². The molecule has 0 N–H and O–H groups in total. The van der Waals surface area contributed by atoms with Crippen molar-refractivity contribution in [3.8, 4) is 11.5 Å². The molecule has 1 fully saturated rings. The molecule has 102 valence electrons. The zero-order valence-electron chi connectivity index (χ0n) is 11.0. The molecular weight excluding hydrogens is 266 g/mol. The number of hydrogen-bond acceptors (Lipinski definition) is 4. The Kier molecular flexibility index (Phi) is 4.13. The third-order valence-corrected chi connectivity index (χ3v) is 3.95. The highest BCUT2D eigenvalue weighted by Gasteiger charge is 2.41. The number of hydrogen-bond donors (Lipinski definition) is 0. The summed E-state index contributed by atoms with van der Waals surface area (Å²) < 4.78 is 10.8. The van der Waals surface area contributed by atoms with E-state index in [0.717, 1.165) is 31.2 Å². The summed E-state index contributed by atoms with van der Waals surface area (Å²) >= 11 is 6.18. The standard InChI is InChI=1S/C14H16ClNO3/c1-18-11-6-5-10(15)13(19-2)12(11)14(16-9-17)7-3-4-8-14/h5-6H,3-4,7-8H2,1-2H3. The summed E-state index contributed by atoms with van der Waals surface area (Å²) in [5.74, 6) is 1.17. The van der Waals surface area contributed by atoms with Crippen molar-refractivity contribution in [3.05, 3.63) is 22.7 Å². The van der Waals surface area contributed by atoms with Crippen LogP contribution in [0.1, 0.15) is 31.2 Å². The molecule has 0 unspecified atom stereocenters. The van der Waals surface area contributed by atoms with Gasteiger partial charge in [-0.1, -0.05) is 24.4 Å². The molecule has 1 aromatic rings. The second-order valence-electron chi connectivity index (χ2n) is 4.60. The number of aliphatic imine (C=N–C) groups is 1. The Balaban J connectivity index is 2.70. The van der Waals surface area contributed by atoms with E-state index in [4.69, 9.17) is 21.1 Å². The number of methoxy groups -OCH3 is 2. The molecule has 0 aromatic heterocycles. The van der Waals surface area contributed by atoms with Crippen LogP contribution in [0.15, 0.2) is 17.1 Å². The summed E-state index contributed by atoms with van der Waals surface area (Å²) in [7, 11) is 3.14. The molecule has 2 rings (SSSR count). The number of halogens is 1. The minimum Gasteiger partial charge on any atom is -0.496 e. The number of carbonyl (C=O) groups excluding carboxylic acids is 1. The van der Waals surface area contributed by atoms with Crippen molar-refractivity contribution in [1.29, 1.82) is 0 Å². The molecule has 1 saturated carbocycles. The minimum absolute atomic E-state index is 0.491. The maximum atomic E-state index is 10.8. The normalized spacial score (nSPS) is 16.8. The summed E-state index contributed by atoms with van der Waals surface area (Å²) in [5.41, 5.74) is 0.134. The molecule has 0 aliphatic heterocycles. The van der Waals surface area contributed by atoms with Gasteiger partial charge in [-0.15, -0.1) is 0 Å². The van der Waals surface area contributed by atoms with E-state index in [2.05, 4.69) is 4.99 Å². The second kappa shape index (κ2) is 5.64. The van der Waals surface area contributed by atoms with Crippen molar-refractivity contribution in [1.82, 2.24) is 0 Å². The quantitative estimate of drug-likeness (QED) is 0.627. The Morgan fingerprint density at radius 2 is 1.95 bits per heavy atom. The maximum absolute atomic E-state index is 10.8. The van der Waals surface area contributed by atoms with E-state index < -0.39 is 5.54 Å². The Morgan fingerprint density at radius 3 is 2.47 bits per heavy atom. The molecule has 1 aliphatic rings. The fraction of sp³-hybridized carbons (Fsp3) is 0.500. The Hall–Kier alpha value is -1.51. The number of isocyanates is 1. The van der Waals surface area contributed by atoms with Crippen LogP contribution in [-0.2, 0) is 10.3 Å². The van der Waals surface area contributed by atoms with E-state index in [1.54, 1.807) is 32.4 Å². The fourth-order valence-electron chi connectivity index (χ4n) is 2.81. The molecule has 0 heterocycles. The molecule has 0 atom stereocenters. The zero-order valence-corrected chi connectivity index (χ0v) is 11.8. The molecule has 1 aromatic carbocycles. The van der Waals surface area contributed by atoms with Gasteiger partial charge in [-0.05, 0) is 25.0 Å². The molecule has 0 amide bonds. The summed E-state index contributed by atoms with van der Waals surface area (Å²) in [6.45, 7) is 0. The van der Waals surface area contributed by atoms with Crippen LogP contribution in [0, 0.1) is 0 Å². The molecular formula is C14H16ClNO3. The summed E-state index contributed by atoms with van der Waals surface area (Å²) in [6.07, 6.45) is 5.25. The maximum Gasteiger partial charge on any atom is 0.235 e. The lowest BCUT2D eigenvalue weighted by molar-refractivity contribution is 0.349. The van der Waals surface area contributed by atoms with E-state index in [-0.39, 0.29) is 0 Å². The second-order valence-corrected chi connectivity index (χ2v) is 5.01. The van der Waals surface area contributed by atoms with Crippen LogP contribution < -0.4 is 9.47 Å². The Bertz CT molecular complexity index is 518. The van der Waals surface area contributed by atoms with Crippen LogP contribution in [-0.4, -0.2) is 20.3 Å². The van der Waals surface area contributed by atoms with Crippen molar-refractivity contribution in [3.63, 3.8) is 0 Å². The summed E-state index contributed by atoms with van der Waals surface area (Å²) in [5, 5.41) is 0.491. The van der Waals surface area contributed by atoms with Gasteiger partial charge < -0.3 is 9.47 Å². The summed E-state index contributed by atoms with van der Waals surface area (Å²) in [6, 6.07) is 3.50. The lowest BCUT2D eigenvalue weighted by atomic mass is 9.87. The highest BCUT2D eigenvalue weighted by atomic mass is 35.5. The predicted octanol–water partition coefficient (Wildman–Crippen LogP) is 3.46. The lowest BCUT2D eigenvalue weighted by Gasteiger charge is -2.27. The van der Waals surface area contributed by atoms with Crippen molar-refractivity contribution < 1.29 is 14.3 Å². The first-order valence-corrected chi connectivity index (χ1v) is 6.56. The van der Waals surface area contributed by atoms with E-state index >= 15 is 0 Å². The van der Waals surface area contributed by atoms with Gasteiger partial charge in [0.25, 0.3) is 0 Å². The predicted molar refractivity (Wildman–Crippen MR) is 72.8 cm³/mol. The average molecular weight is 282 g/mol. The molecule has 1 aliphatic carbocycles. The third kappa shape index (κ3) is 2.34. The van der Waals surface area contributed by atoms with Gasteiger partial charge in [0, 0.05) is 0 Å². The van der Waals surface area contributed by atoms with Gasteiger partial charge in [-0.25, -0.2) is 4.79 Å². The number of nitrogens with zero attached hydrogens (tertiary/aromatic N) is 1. The summed E-state index contributed by atoms with van der Waals surface area (Å²) in [4.78, 5) is 14.9. The SMILES string of the molecule is COc1ccc(Cl)c(OC)c1C1(N=C=O)CCCC1. The molecule has 0 radical (unpaired) electrons. The van der Waals surface area contributed by atoms with Crippen molar-refractivity contribution >= 4 is 17.7 Å². The van der Waals surface area contributed by atoms with Gasteiger partial charge in [0.2, 0.25) is 6.08 Å². The average Bonchev–Trinajstić information content (AvgIpc) is 2.88. The van der Waals surface area contributed by atoms with Crippen molar-refractivity contribution in [2.45, 2.75) is 31.2 Å². The van der Waals surface area contributed by atoms with Crippen LogP contribution in [0.4, 0.5) is 0 Å². The molecule has 19 heavy (non-hydrogen) atoms. The largest absolute Gasteiger partial charge is 0.496 e. The van der Waals surface area contributed by atoms with Gasteiger partial charge >= 0.3 is 0 Å². The molecule has 0 spiro atoms. The van der Waals surface area contributed by atoms with E-state index in [9.17, 15) is 4.79 Å². The van der Waals surface area contributed by atoms with Gasteiger partial charge in [0.05, 0.1) is 24.8 Å². The molecule has 5 heteroatoms. The van der Waals surface area contributed by atoms with Crippen LogP contribution in [0.25, 0.3) is 0 Å². The smallest absolute Gasteiger partial charge is 0.235 e. The highest BCUT2D eigenvalue weighted by molar-refractivity contribution is 6.32. The fourth-order valence-corrected chi connectivity index (χ4v) is 3.05.